The van der Waals surface area contributed by atoms with E-state index in [1.165, 1.54) is 11.3 Å². The summed E-state index contributed by atoms with van der Waals surface area (Å²) in [5.74, 6) is 0. The van der Waals surface area contributed by atoms with E-state index in [4.69, 9.17) is 0 Å². The highest BCUT2D eigenvalue weighted by Gasteiger charge is 2.30. The molecular weight excluding hydrogens is 334 g/mol. The molecule has 1 unspecified atom stereocenters. The molecule has 25 heavy (non-hydrogen) atoms. The number of aromatic nitrogens is 3. The number of hydrogen-bond acceptors (Lipinski definition) is 5. The fourth-order valence-electron chi connectivity index (χ4n) is 3.08. The lowest BCUT2D eigenvalue weighted by Gasteiger charge is -2.24. The summed E-state index contributed by atoms with van der Waals surface area (Å²) in [6.07, 6.45) is 9.00. The lowest BCUT2D eigenvalue weighted by atomic mass is 10.1. The van der Waals surface area contributed by atoms with Crippen LogP contribution < -0.4 is 5.32 Å². The minimum atomic E-state index is -0.105. The van der Waals surface area contributed by atoms with Crippen LogP contribution in [0, 0.1) is 0 Å². The molecule has 7 heteroatoms. The van der Waals surface area contributed by atoms with Gasteiger partial charge >= 0.3 is 6.03 Å². The van der Waals surface area contributed by atoms with E-state index in [1.807, 2.05) is 34.5 Å². The number of carbonyl (C=O) groups is 1. The largest absolute Gasteiger partial charge is 0.324 e. The molecule has 1 atom stereocenters. The molecule has 0 aliphatic carbocycles. The predicted octanol–water partition coefficient (Wildman–Crippen LogP) is 3.97. The van der Waals surface area contributed by atoms with Crippen molar-refractivity contribution in [3.8, 4) is 11.3 Å². The molecule has 0 aromatic carbocycles. The van der Waals surface area contributed by atoms with Crippen molar-refractivity contribution in [1.29, 1.82) is 0 Å². The quantitative estimate of drug-likeness (QED) is 0.775. The molecule has 3 aromatic rings. The van der Waals surface area contributed by atoms with Crippen molar-refractivity contribution >= 4 is 22.5 Å². The van der Waals surface area contributed by atoms with Crippen molar-refractivity contribution in [2.24, 2.45) is 0 Å². The molecule has 1 saturated heterocycles. The zero-order valence-corrected chi connectivity index (χ0v) is 14.3. The first-order chi connectivity index (χ1) is 12.3. The van der Waals surface area contributed by atoms with Crippen LogP contribution >= 0.6 is 11.3 Å². The van der Waals surface area contributed by atoms with Crippen molar-refractivity contribution in [2.45, 2.75) is 18.9 Å². The van der Waals surface area contributed by atoms with Gasteiger partial charge in [-0.05, 0) is 42.7 Å². The topological polar surface area (TPSA) is 71.0 Å². The zero-order chi connectivity index (χ0) is 17.1. The Labute approximate surface area is 149 Å². The van der Waals surface area contributed by atoms with Gasteiger partial charge in [0.05, 0.1) is 11.7 Å². The molecule has 0 radical (unpaired) electrons. The molecule has 0 bridgehead atoms. The summed E-state index contributed by atoms with van der Waals surface area (Å²) in [7, 11) is 0. The smallest absolute Gasteiger partial charge is 0.317 e. The van der Waals surface area contributed by atoms with Crippen LogP contribution in [-0.2, 0) is 0 Å². The summed E-state index contributed by atoms with van der Waals surface area (Å²) >= 11 is 1.42. The molecule has 0 saturated carbocycles. The predicted molar refractivity (Wildman–Crippen MR) is 97.3 cm³/mol. The monoisotopic (exact) mass is 351 g/mol. The van der Waals surface area contributed by atoms with Gasteiger partial charge in [-0.25, -0.2) is 9.78 Å². The maximum Gasteiger partial charge on any atom is 0.324 e. The first kappa shape index (κ1) is 15.7. The Balaban J connectivity index is 1.48. The summed E-state index contributed by atoms with van der Waals surface area (Å²) in [6.45, 7) is 0.750. The van der Waals surface area contributed by atoms with Crippen molar-refractivity contribution < 1.29 is 4.79 Å². The second-order valence-electron chi connectivity index (χ2n) is 5.84. The van der Waals surface area contributed by atoms with Gasteiger partial charge in [0.2, 0.25) is 0 Å². The Bertz CT molecular complexity index is 852. The molecule has 0 spiro atoms. The normalized spacial score (nSPS) is 16.8. The number of nitrogens with one attached hydrogen (secondary N) is 1. The summed E-state index contributed by atoms with van der Waals surface area (Å²) < 4.78 is 0. The Morgan fingerprint density at radius 2 is 2.08 bits per heavy atom. The number of hydrogen-bond donors (Lipinski definition) is 1. The molecule has 1 aliphatic rings. The van der Waals surface area contributed by atoms with Crippen LogP contribution in [0.15, 0.2) is 54.4 Å². The summed E-state index contributed by atoms with van der Waals surface area (Å²) in [5.41, 5.74) is 2.88. The average Bonchev–Trinajstić information content (AvgIpc) is 3.33. The van der Waals surface area contributed by atoms with Crippen molar-refractivity contribution in [3.05, 3.63) is 60.0 Å². The molecule has 1 aliphatic heterocycles. The number of pyridine rings is 2. The van der Waals surface area contributed by atoms with E-state index in [-0.39, 0.29) is 12.1 Å². The van der Waals surface area contributed by atoms with E-state index in [9.17, 15) is 4.79 Å². The SMILES string of the molecule is O=C(Nc1nc(-c2cccnc2)cs1)N1CCCC1c1ccncc1. The molecule has 4 heterocycles. The minimum absolute atomic E-state index is 0.0979. The van der Waals surface area contributed by atoms with E-state index in [2.05, 4.69) is 20.3 Å². The molecule has 1 fully saturated rings. The third-order valence-corrected chi connectivity index (χ3v) is 5.04. The van der Waals surface area contributed by atoms with Gasteiger partial charge in [-0.15, -0.1) is 11.3 Å². The van der Waals surface area contributed by atoms with Crippen molar-refractivity contribution in [1.82, 2.24) is 19.9 Å². The lowest BCUT2D eigenvalue weighted by molar-refractivity contribution is 0.207. The summed E-state index contributed by atoms with van der Waals surface area (Å²) in [5, 5.41) is 5.46. The van der Waals surface area contributed by atoms with Crippen LogP contribution in [-0.4, -0.2) is 32.4 Å². The van der Waals surface area contributed by atoms with Crippen molar-refractivity contribution in [2.75, 3.05) is 11.9 Å². The average molecular weight is 351 g/mol. The lowest BCUT2D eigenvalue weighted by Crippen LogP contribution is -2.34. The van der Waals surface area contributed by atoms with Gasteiger partial charge in [-0.3, -0.25) is 15.3 Å². The highest BCUT2D eigenvalue weighted by atomic mass is 32.1. The van der Waals surface area contributed by atoms with E-state index < -0.39 is 0 Å². The highest BCUT2D eigenvalue weighted by Crippen LogP contribution is 2.32. The summed E-state index contributed by atoms with van der Waals surface area (Å²) in [4.78, 5) is 27.2. The van der Waals surface area contributed by atoms with Gasteiger partial charge in [0.25, 0.3) is 0 Å². The van der Waals surface area contributed by atoms with E-state index in [0.29, 0.717) is 5.13 Å². The van der Waals surface area contributed by atoms with Gasteiger partial charge < -0.3 is 4.90 Å². The second-order valence-corrected chi connectivity index (χ2v) is 6.70. The zero-order valence-electron chi connectivity index (χ0n) is 13.5. The fourth-order valence-corrected chi connectivity index (χ4v) is 3.79. The number of thiazole rings is 1. The van der Waals surface area contributed by atoms with Gasteiger partial charge in [-0.2, -0.15) is 0 Å². The third-order valence-electron chi connectivity index (χ3n) is 4.28. The molecule has 2 amide bonds. The number of amides is 2. The Hall–Kier alpha value is -2.80. The first-order valence-electron chi connectivity index (χ1n) is 8.15. The van der Waals surface area contributed by atoms with E-state index in [0.717, 1.165) is 36.2 Å². The van der Waals surface area contributed by atoms with Crippen LogP contribution in [0.3, 0.4) is 0 Å². The number of anilines is 1. The van der Waals surface area contributed by atoms with Crippen molar-refractivity contribution in [3.63, 3.8) is 0 Å². The molecule has 4 rings (SSSR count). The van der Waals surface area contributed by atoms with Crippen LogP contribution in [0.4, 0.5) is 9.93 Å². The van der Waals surface area contributed by atoms with Gasteiger partial charge in [0.1, 0.15) is 0 Å². The maximum absolute atomic E-state index is 12.7. The summed E-state index contributed by atoms with van der Waals surface area (Å²) in [6, 6.07) is 7.76. The first-order valence-corrected chi connectivity index (χ1v) is 9.03. The molecular formula is C18H17N5OS. The van der Waals surface area contributed by atoms with Gasteiger partial charge in [-0.1, -0.05) is 0 Å². The van der Waals surface area contributed by atoms with Gasteiger partial charge in [0, 0.05) is 42.3 Å². The standard InChI is InChI=1S/C18H17N5OS/c24-18(23-10-2-4-16(23)13-5-8-19-9-6-13)22-17-21-15(12-25-17)14-3-1-7-20-11-14/h1,3,5-9,11-12,16H,2,4,10H2,(H,21,22,24). The third kappa shape index (κ3) is 3.36. The number of carbonyl (C=O) groups excluding carboxylic acids is 1. The van der Waals surface area contributed by atoms with Crippen LogP contribution in [0.2, 0.25) is 0 Å². The minimum Gasteiger partial charge on any atom is -0.317 e. The number of rotatable bonds is 3. The fraction of sp³-hybridized carbons (Fsp3) is 0.222. The molecule has 1 N–H and O–H groups in total. The Morgan fingerprint density at radius 1 is 1.20 bits per heavy atom. The Morgan fingerprint density at radius 3 is 2.88 bits per heavy atom. The Kier molecular flexibility index (Phi) is 4.39. The number of urea groups is 1. The number of likely N-dealkylation sites (tertiary alicyclic amines) is 1. The van der Waals surface area contributed by atoms with Crippen LogP contribution in [0.5, 0.6) is 0 Å². The van der Waals surface area contributed by atoms with Crippen LogP contribution in [0.25, 0.3) is 11.3 Å². The molecule has 3 aromatic heterocycles. The highest BCUT2D eigenvalue weighted by molar-refractivity contribution is 7.14. The molecule has 6 nitrogen and oxygen atoms in total. The number of nitrogens with zero attached hydrogens (tertiary/aromatic N) is 4. The second kappa shape index (κ2) is 6.98. The molecule has 126 valence electrons. The maximum atomic E-state index is 12.7. The van der Waals surface area contributed by atoms with E-state index >= 15 is 0 Å². The van der Waals surface area contributed by atoms with E-state index in [1.54, 1.807) is 24.8 Å². The van der Waals surface area contributed by atoms with Crippen LogP contribution in [0.1, 0.15) is 24.4 Å². The van der Waals surface area contributed by atoms with Gasteiger partial charge in [0.15, 0.2) is 5.13 Å².